The molecule has 0 radical (unpaired) electrons. The SMILES string of the molecule is CCCCCc1ccc2c(ccc3cc(-c4cc(F)c(C#N)c(F)c4)c(F)cc32)c1. The zero-order valence-corrected chi connectivity index (χ0v) is 16.6. The highest BCUT2D eigenvalue weighted by molar-refractivity contribution is 6.08. The Morgan fingerprint density at radius 1 is 0.767 bits per heavy atom. The van der Waals surface area contributed by atoms with Gasteiger partial charge < -0.3 is 0 Å². The number of unbranched alkanes of at least 4 members (excludes halogenated alkanes) is 2. The lowest BCUT2D eigenvalue weighted by atomic mass is 9.95. The highest BCUT2D eigenvalue weighted by atomic mass is 19.1. The molecule has 0 saturated heterocycles. The number of nitriles is 1. The number of hydrogen-bond acceptors (Lipinski definition) is 1. The van der Waals surface area contributed by atoms with Gasteiger partial charge in [-0.15, -0.1) is 0 Å². The maximum Gasteiger partial charge on any atom is 0.144 e. The second-order valence-corrected chi connectivity index (χ2v) is 7.56. The molecule has 0 bridgehead atoms. The molecule has 0 N–H and O–H groups in total. The second-order valence-electron chi connectivity index (χ2n) is 7.56. The van der Waals surface area contributed by atoms with Crippen LogP contribution in [0.4, 0.5) is 13.2 Å². The van der Waals surface area contributed by atoms with Gasteiger partial charge in [-0.05, 0) is 69.8 Å². The quantitative estimate of drug-likeness (QED) is 0.248. The Morgan fingerprint density at radius 3 is 2.13 bits per heavy atom. The summed E-state index contributed by atoms with van der Waals surface area (Å²) in [5, 5.41) is 12.3. The third kappa shape index (κ3) is 3.64. The highest BCUT2D eigenvalue weighted by Crippen LogP contribution is 2.33. The highest BCUT2D eigenvalue weighted by Gasteiger charge is 2.15. The topological polar surface area (TPSA) is 23.8 Å². The fraction of sp³-hybridized carbons (Fsp3) is 0.192. The molecule has 0 saturated carbocycles. The smallest absolute Gasteiger partial charge is 0.144 e. The van der Waals surface area contributed by atoms with E-state index in [9.17, 15) is 13.2 Å². The Labute approximate surface area is 173 Å². The van der Waals surface area contributed by atoms with Crippen LogP contribution >= 0.6 is 0 Å². The second kappa shape index (κ2) is 8.20. The number of hydrogen-bond donors (Lipinski definition) is 0. The Morgan fingerprint density at radius 2 is 1.47 bits per heavy atom. The predicted octanol–water partition coefficient (Wildman–Crippen LogP) is 7.68. The summed E-state index contributed by atoms with van der Waals surface area (Å²) in [6.07, 6.45) is 4.53. The van der Waals surface area contributed by atoms with E-state index < -0.39 is 23.0 Å². The van der Waals surface area contributed by atoms with E-state index in [1.165, 1.54) is 30.5 Å². The zero-order valence-electron chi connectivity index (χ0n) is 16.6. The Hall–Kier alpha value is -3.32. The van der Waals surface area contributed by atoms with Gasteiger partial charge in [0, 0.05) is 5.56 Å². The molecule has 1 nitrogen and oxygen atoms in total. The van der Waals surface area contributed by atoms with Gasteiger partial charge in [-0.25, -0.2) is 13.2 Å². The lowest BCUT2D eigenvalue weighted by Gasteiger charge is -2.11. The molecule has 0 aliphatic heterocycles. The lowest BCUT2D eigenvalue weighted by Crippen LogP contribution is -1.94. The minimum atomic E-state index is -0.999. The van der Waals surface area contributed by atoms with E-state index in [2.05, 4.69) is 19.1 Å². The molecule has 0 amide bonds. The number of fused-ring (bicyclic) bond motifs is 3. The van der Waals surface area contributed by atoms with Gasteiger partial charge in [0.1, 0.15) is 29.1 Å². The van der Waals surface area contributed by atoms with E-state index in [-0.39, 0.29) is 11.1 Å². The first kappa shape index (κ1) is 20.0. The molecular formula is C26H20F3N. The fourth-order valence-corrected chi connectivity index (χ4v) is 3.93. The first-order valence-corrected chi connectivity index (χ1v) is 10.1. The third-order valence-electron chi connectivity index (χ3n) is 5.52. The minimum Gasteiger partial charge on any atom is -0.206 e. The first-order valence-electron chi connectivity index (χ1n) is 10.1. The molecule has 4 aromatic rings. The van der Waals surface area contributed by atoms with Crippen molar-refractivity contribution >= 4 is 21.5 Å². The van der Waals surface area contributed by atoms with Crippen molar-refractivity contribution in [2.45, 2.75) is 32.6 Å². The van der Waals surface area contributed by atoms with Crippen molar-refractivity contribution in [2.75, 3.05) is 0 Å². The van der Waals surface area contributed by atoms with Crippen LogP contribution in [0.3, 0.4) is 0 Å². The summed E-state index contributed by atoms with van der Waals surface area (Å²) in [6, 6.07) is 16.6. The minimum absolute atomic E-state index is 0.0646. The molecule has 30 heavy (non-hydrogen) atoms. The summed E-state index contributed by atoms with van der Waals surface area (Å²) in [4.78, 5) is 0. The van der Waals surface area contributed by atoms with Crippen LogP contribution in [-0.2, 0) is 6.42 Å². The van der Waals surface area contributed by atoms with E-state index >= 15 is 0 Å². The molecular weight excluding hydrogens is 383 g/mol. The van der Waals surface area contributed by atoms with Gasteiger partial charge in [0.05, 0.1) is 0 Å². The van der Waals surface area contributed by atoms with E-state index in [0.717, 1.165) is 46.5 Å². The predicted molar refractivity (Wildman–Crippen MR) is 115 cm³/mol. The van der Waals surface area contributed by atoms with Gasteiger partial charge >= 0.3 is 0 Å². The van der Waals surface area contributed by atoms with Crippen molar-refractivity contribution in [3.8, 4) is 17.2 Å². The van der Waals surface area contributed by atoms with Crippen LogP contribution in [0.2, 0.25) is 0 Å². The normalized spacial score (nSPS) is 11.2. The van der Waals surface area contributed by atoms with Crippen LogP contribution in [0, 0.1) is 28.8 Å². The molecule has 4 rings (SSSR count). The molecule has 0 spiro atoms. The van der Waals surface area contributed by atoms with Gasteiger partial charge in [0.15, 0.2) is 0 Å². The van der Waals surface area contributed by atoms with Gasteiger partial charge in [0.25, 0.3) is 0 Å². The number of benzene rings is 4. The largest absolute Gasteiger partial charge is 0.206 e. The average Bonchev–Trinajstić information content (AvgIpc) is 2.73. The average molecular weight is 403 g/mol. The van der Waals surface area contributed by atoms with Gasteiger partial charge in [-0.2, -0.15) is 5.26 Å². The summed E-state index contributed by atoms with van der Waals surface area (Å²) < 4.78 is 43.0. The molecule has 0 heterocycles. The summed E-state index contributed by atoms with van der Waals surface area (Å²) >= 11 is 0. The maximum atomic E-state index is 15.0. The summed E-state index contributed by atoms with van der Waals surface area (Å²) in [7, 11) is 0. The van der Waals surface area contributed by atoms with E-state index in [1.807, 2.05) is 18.2 Å². The fourth-order valence-electron chi connectivity index (χ4n) is 3.93. The van der Waals surface area contributed by atoms with Gasteiger partial charge in [-0.3, -0.25) is 0 Å². The van der Waals surface area contributed by atoms with E-state index in [0.29, 0.717) is 0 Å². The number of rotatable bonds is 5. The molecule has 0 atom stereocenters. The van der Waals surface area contributed by atoms with Crippen molar-refractivity contribution in [3.63, 3.8) is 0 Å². The molecule has 0 aliphatic rings. The van der Waals surface area contributed by atoms with Crippen molar-refractivity contribution in [1.82, 2.24) is 0 Å². The maximum absolute atomic E-state index is 15.0. The standard InChI is InChI=1S/C26H20F3N/c1-2-3-4-5-16-6-9-20-17(10-16)7-8-18-11-22(26(29)14-21(18)20)19-12-24(27)23(15-30)25(28)13-19/h6-14H,2-5H2,1H3. The lowest BCUT2D eigenvalue weighted by molar-refractivity contribution is 0.577. The number of aryl methyl sites for hydroxylation is 1. The molecule has 4 aromatic carbocycles. The van der Waals surface area contributed by atoms with Crippen molar-refractivity contribution in [3.05, 3.63) is 83.2 Å². The van der Waals surface area contributed by atoms with Crippen molar-refractivity contribution in [1.29, 1.82) is 5.26 Å². The van der Waals surface area contributed by atoms with Crippen LogP contribution in [0.25, 0.3) is 32.7 Å². The Kier molecular flexibility index (Phi) is 5.46. The van der Waals surface area contributed by atoms with Gasteiger partial charge in [0.2, 0.25) is 0 Å². The van der Waals surface area contributed by atoms with Crippen LogP contribution in [0.1, 0.15) is 37.3 Å². The first-order chi connectivity index (χ1) is 14.5. The van der Waals surface area contributed by atoms with E-state index in [1.54, 1.807) is 6.07 Å². The number of halogens is 3. The Balaban J connectivity index is 1.80. The van der Waals surface area contributed by atoms with Crippen LogP contribution < -0.4 is 0 Å². The molecule has 0 unspecified atom stereocenters. The number of nitrogens with zero attached hydrogens (tertiary/aromatic N) is 1. The zero-order chi connectivity index (χ0) is 21.3. The Bertz CT molecular complexity index is 1280. The summed E-state index contributed by atoms with van der Waals surface area (Å²) in [5.74, 6) is -2.56. The van der Waals surface area contributed by atoms with Gasteiger partial charge in [-0.1, -0.05) is 50.1 Å². The van der Waals surface area contributed by atoms with Crippen LogP contribution in [0.15, 0.2) is 54.6 Å². The summed E-state index contributed by atoms with van der Waals surface area (Å²) in [6.45, 7) is 2.18. The van der Waals surface area contributed by atoms with Crippen molar-refractivity contribution < 1.29 is 13.2 Å². The molecule has 150 valence electrons. The monoisotopic (exact) mass is 403 g/mol. The van der Waals surface area contributed by atoms with Crippen LogP contribution in [-0.4, -0.2) is 0 Å². The van der Waals surface area contributed by atoms with E-state index in [4.69, 9.17) is 5.26 Å². The summed E-state index contributed by atoms with van der Waals surface area (Å²) in [5.41, 5.74) is 0.756. The van der Waals surface area contributed by atoms with Crippen molar-refractivity contribution in [2.24, 2.45) is 0 Å². The van der Waals surface area contributed by atoms with Crippen LogP contribution in [0.5, 0.6) is 0 Å². The molecule has 0 aromatic heterocycles. The molecule has 0 fully saturated rings. The molecule has 0 aliphatic carbocycles. The molecule has 4 heteroatoms. The third-order valence-corrected chi connectivity index (χ3v) is 5.52.